The summed E-state index contributed by atoms with van der Waals surface area (Å²) in [5.41, 5.74) is 0.696. The van der Waals surface area contributed by atoms with E-state index >= 15 is 0 Å². The smallest absolute Gasteiger partial charge is 0.261 e. The Morgan fingerprint density at radius 2 is 1.67 bits per heavy atom. The lowest BCUT2D eigenvalue weighted by molar-refractivity contribution is -0.117. The highest BCUT2D eigenvalue weighted by molar-refractivity contribution is 9.10. The first kappa shape index (κ1) is 20.2. The van der Waals surface area contributed by atoms with Gasteiger partial charge in [0.2, 0.25) is 5.91 Å². The van der Waals surface area contributed by atoms with E-state index in [1.54, 1.807) is 18.2 Å². The fraction of sp³-hybridized carbons (Fsp3) is 0.0909. The zero-order valence-electron chi connectivity index (χ0n) is 15.3. The van der Waals surface area contributed by atoms with E-state index in [0.717, 1.165) is 23.1 Å². The van der Waals surface area contributed by atoms with Crippen molar-refractivity contribution in [3.8, 4) is 0 Å². The topological polar surface area (TPSA) is 49.4 Å². The van der Waals surface area contributed by atoms with Crippen molar-refractivity contribution >= 4 is 33.4 Å². The minimum atomic E-state index is -1.03. The molecule has 8 heteroatoms. The number of benzene rings is 3. The van der Waals surface area contributed by atoms with Crippen molar-refractivity contribution in [1.82, 2.24) is 4.90 Å². The van der Waals surface area contributed by atoms with Crippen LogP contribution in [-0.4, -0.2) is 23.3 Å². The highest BCUT2D eigenvalue weighted by atomic mass is 79.9. The molecule has 3 aromatic carbocycles. The van der Waals surface area contributed by atoms with Crippen LogP contribution in [0, 0.1) is 17.5 Å². The summed E-state index contributed by atoms with van der Waals surface area (Å²) >= 11 is 3.37. The molecule has 0 saturated heterocycles. The van der Waals surface area contributed by atoms with Crippen molar-refractivity contribution in [3.05, 3.63) is 99.3 Å². The second-order valence-corrected chi connectivity index (χ2v) is 7.68. The Hall–Kier alpha value is -3.13. The van der Waals surface area contributed by atoms with Gasteiger partial charge in [0.1, 0.15) is 29.6 Å². The van der Waals surface area contributed by atoms with Gasteiger partial charge in [0.05, 0.1) is 6.04 Å². The number of hydrogen-bond donors (Lipinski definition) is 1. The van der Waals surface area contributed by atoms with Gasteiger partial charge in [0, 0.05) is 15.7 Å². The summed E-state index contributed by atoms with van der Waals surface area (Å²) in [5, 5.41) is 2.71. The predicted molar refractivity (Wildman–Crippen MR) is 108 cm³/mol. The van der Waals surface area contributed by atoms with Crippen molar-refractivity contribution in [3.63, 3.8) is 0 Å². The largest absolute Gasteiger partial charge is 0.324 e. The second-order valence-electron chi connectivity index (χ2n) is 6.76. The van der Waals surface area contributed by atoms with Crippen LogP contribution < -0.4 is 5.32 Å². The van der Waals surface area contributed by atoms with E-state index < -0.39 is 47.4 Å². The first-order chi connectivity index (χ1) is 14.3. The number of amides is 2. The van der Waals surface area contributed by atoms with Crippen molar-refractivity contribution in [2.24, 2.45) is 0 Å². The minimum absolute atomic E-state index is 0.444. The zero-order valence-corrected chi connectivity index (χ0v) is 16.9. The molecule has 1 heterocycles. The first-order valence-corrected chi connectivity index (χ1v) is 9.74. The molecule has 0 unspecified atom stereocenters. The number of fused-ring (bicyclic) bond motifs is 1. The molecule has 0 aliphatic carbocycles. The van der Waals surface area contributed by atoms with E-state index in [9.17, 15) is 22.8 Å². The normalized spacial score (nSPS) is 15.9. The predicted octanol–water partition coefficient (Wildman–Crippen LogP) is 5.05. The molecule has 1 aliphatic rings. The van der Waals surface area contributed by atoms with Gasteiger partial charge in [-0.3, -0.25) is 9.59 Å². The van der Waals surface area contributed by atoms with Crippen LogP contribution in [0.4, 0.5) is 18.9 Å². The van der Waals surface area contributed by atoms with Gasteiger partial charge in [0.25, 0.3) is 5.91 Å². The van der Waals surface area contributed by atoms with Crippen LogP contribution in [0.1, 0.15) is 27.5 Å². The Labute approximate surface area is 178 Å². The molecule has 0 fully saturated rings. The molecule has 0 saturated carbocycles. The standard InChI is InChI=1S/C22H14BrF3N2O2/c23-13-6-9-18-15(10-13)21(12-4-7-14(24)8-5-12)28(11-19(29)27-18)22(30)20-16(25)2-1-3-17(20)26/h1-10,21H,11H2,(H,27,29)/t21-/m1/s1. The molecule has 3 aromatic rings. The summed E-state index contributed by atoms with van der Waals surface area (Å²) in [6, 6.07) is 12.7. The molecule has 0 bridgehead atoms. The molecule has 0 radical (unpaired) electrons. The lowest BCUT2D eigenvalue weighted by Crippen LogP contribution is -2.39. The van der Waals surface area contributed by atoms with Gasteiger partial charge in [-0.2, -0.15) is 0 Å². The van der Waals surface area contributed by atoms with Crippen LogP contribution in [0.25, 0.3) is 0 Å². The number of halogens is 4. The molecule has 4 nitrogen and oxygen atoms in total. The monoisotopic (exact) mass is 474 g/mol. The SMILES string of the molecule is O=C1CN(C(=O)c2c(F)cccc2F)[C@H](c2ccc(F)cc2)c2cc(Br)ccc2N1. The lowest BCUT2D eigenvalue weighted by Gasteiger charge is -2.31. The van der Waals surface area contributed by atoms with E-state index in [1.165, 1.54) is 24.3 Å². The number of nitrogens with one attached hydrogen (secondary N) is 1. The minimum Gasteiger partial charge on any atom is -0.324 e. The van der Waals surface area contributed by atoms with Gasteiger partial charge in [-0.25, -0.2) is 13.2 Å². The van der Waals surface area contributed by atoms with Gasteiger partial charge < -0.3 is 10.2 Å². The molecule has 30 heavy (non-hydrogen) atoms. The molecule has 2 amide bonds. The summed E-state index contributed by atoms with van der Waals surface area (Å²) < 4.78 is 42.9. The van der Waals surface area contributed by atoms with Crippen LogP contribution in [0.3, 0.4) is 0 Å². The van der Waals surface area contributed by atoms with Crippen LogP contribution in [0.5, 0.6) is 0 Å². The number of hydrogen-bond acceptors (Lipinski definition) is 2. The Kier molecular flexibility index (Phi) is 5.34. The molecule has 0 aromatic heterocycles. The van der Waals surface area contributed by atoms with E-state index in [2.05, 4.69) is 21.2 Å². The zero-order chi connectivity index (χ0) is 21.4. The lowest BCUT2D eigenvalue weighted by atomic mass is 9.95. The average Bonchev–Trinajstić information content (AvgIpc) is 2.84. The number of nitrogens with zero attached hydrogens (tertiary/aromatic N) is 1. The average molecular weight is 475 g/mol. The summed E-state index contributed by atoms with van der Waals surface area (Å²) in [7, 11) is 0. The number of carbonyl (C=O) groups excluding carboxylic acids is 2. The molecule has 152 valence electrons. The second kappa shape index (κ2) is 7.95. The Bertz CT molecular complexity index is 1130. The summed E-state index contributed by atoms with van der Waals surface area (Å²) in [4.78, 5) is 26.9. The van der Waals surface area contributed by atoms with Gasteiger partial charge in [-0.05, 0) is 48.0 Å². The molecule has 1 aliphatic heterocycles. The quantitative estimate of drug-likeness (QED) is 0.564. The third-order valence-corrected chi connectivity index (χ3v) is 5.32. The van der Waals surface area contributed by atoms with Crippen LogP contribution in [0.2, 0.25) is 0 Å². The van der Waals surface area contributed by atoms with Crippen LogP contribution in [0.15, 0.2) is 65.1 Å². The van der Waals surface area contributed by atoms with E-state index in [0.29, 0.717) is 21.3 Å². The molecular formula is C22H14BrF3N2O2. The Balaban J connectivity index is 1.93. The van der Waals surface area contributed by atoms with Crippen molar-refractivity contribution in [1.29, 1.82) is 0 Å². The highest BCUT2D eigenvalue weighted by Gasteiger charge is 2.36. The third-order valence-electron chi connectivity index (χ3n) is 4.83. The van der Waals surface area contributed by atoms with Crippen molar-refractivity contribution in [2.45, 2.75) is 6.04 Å². The third kappa shape index (κ3) is 3.70. The van der Waals surface area contributed by atoms with Gasteiger partial charge >= 0.3 is 0 Å². The molecular weight excluding hydrogens is 461 g/mol. The van der Waals surface area contributed by atoms with Crippen molar-refractivity contribution < 1.29 is 22.8 Å². The van der Waals surface area contributed by atoms with Crippen molar-refractivity contribution in [2.75, 3.05) is 11.9 Å². The molecule has 0 spiro atoms. The van der Waals surface area contributed by atoms with Crippen LogP contribution in [-0.2, 0) is 4.79 Å². The van der Waals surface area contributed by atoms with Gasteiger partial charge in [-0.1, -0.05) is 34.1 Å². The molecule has 4 rings (SSSR count). The maximum Gasteiger partial charge on any atom is 0.261 e. The number of carbonyl (C=O) groups is 2. The number of rotatable bonds is 2. The fourth-order valence-corrected chi connectivity index (χ4v) is 3.90. The van der Waals surface area contributed by atoms with Gasteiger partial charge in [-0.15, -0.1) is 0 Å². The highest BCUT2D eigenvalue weighted by Crippen LogP contribution is 2.38. The first-order valence-electron chi connectivity index (χ1n) is 8.95. The maximum atomic E-state index is 14.4. The van der Waals surface area contributed by atoms with Crippen LogP contribution >= 0.6 is 15.9 Å². The maximum absolute atomic E-state index is 14.4. The molecule has 1 N–H and O–H groups in total. The summed E-state index contributed by atoms with van der Waals surface area (Å²) in [6.45, 7) is -0.444. The Morgan fingerprint density at radius 3 is 2.33 bits per heavy atom. The van der Waals surface area contributed by atoms with E-state index in [-0.39, 0.29) is 0 Å². The summed E-state index contributed by atoms with van der Waals surface area (Å²) in [5.74, 6) is -4.04. The number of anilines is 1. The van der Waals surface area contributed by atoms with Gasteiger partial charge in [0.15, 0.2) is 0 Å². The van der Waals surface area contributed by atoms with E-state index in [1.807, 2.05) is 0 Å². The molecule has 1 atom stereocenters. The van der Waals surface area contributed by atoms with E-state index in [4.69, 9.17) is 0 Å². The Morgan fingerprint density at radius 1 is 1.00 bits per heavy atom. The fourth-order valence-electron chi connectivity index (χ4n) is 3.52. The summed E-state index contributed by atoms with van der Waals surface area (Å²) in [6.07, 6.45) is 0.